The van der Waals surface area contributed by atoms with Gasteiger partial charge in [-0.05, 0) is 105 Å². The molecular formula is C16H54O9Si10. The normalized spacial score (nSPS) is 19.2. The molecule has 6 unspecified atom stereocenters. The zero-order valence-corrected chi connectivity index (χ0v) is 36.1. The first kappa shape index (κ1) is 36.8. The molecule has 0 aromatic carbocycles. The predicted molar refractivity (Wildman–Crippen MR) is 169 cm³/mol. The summed E-state index contributed by atoms with van der Waals surface area (Å²) in [7, 11) is -18.7. The molecule has 19 heteroatoms. The second-order valence-corrected chi connectivity index (χ2v) is 41.4. The minimum absolute atomic E-state index is 1.58. The van der Waals surface area contributed by atoms with E-state index in [1.807, 2.05) is 26.2 Å². The van der Waals surface area contributed by atoms with E-state index in [0.29, 0.717) is 0 Å². The summed E-state index contributed by atoms with van der Waals surface area (Å²) >= 11 is 0. The maximum Gasteiger partial charge on any atom is 0.313 e. The molecule has 6 atom stereocenters. The summed E-state index contributed by atoms with van der Waals surface area (Å²) in [5.74, 6) is 0. The van der Waals surface area contributed by atoms with Crippen molar-refractivity contribution in [3.63, 3.8) is 0 Å². The number of rotatable bonds is 18. The van der Waals surface area contributed by atoms with Crippen molar-refractivity contribution in [3.8, 4) is 0 Å². The van der Waals surface area contributed by atoms with Crippen molar-refractivity contribution in [2.75, 3.05) is 0 Å². The van der Waals surface area contributed by atoms with Gasteiger partial charge in [0.1, 0.15) is 0 Å². The van der Waals surface area contributed by atoms with Gasteiger partial charge < -0.3 is 37.0 Å². The Bertz CT molecular complexity index is 605. The lowest BCUT2D eigenvalue weighted by Gasteiger charge is -2.38. The number of hydrogen-bond acceptors (Lipinski definition) is 9. The molecule has 212 valence electrons. The second-order valence-electron chi connectivity index (χ2n) is 11.6. The molecule has 0 spiro atoms. The van der Waals surface area contributed by atoms with E-state index in [2.05, 4.69) is 78.6 Å². The molecule has 0 rings (SSSR count). The standard InChI is InChI=1S/C16H54O9Si10/c1-26(18-28(3)20-30(5)22-32(7,8)9)17-27(2)19-29(4)21-31(6)23-34(13,14)25-35(15,16)24-33(10,11)12/h26-31H,1-16H3. The summed E-state index contributed by atoms with van der Waals surface area (Å²) < 4.78 is 55.9. The third-order valence-electron chi connectivity index (χ3n) is 3.93. The maximum absolute atomic E-state index is 6.44. The van der Waals surface area contributed by atoms with Crippen LogP contribution in [0, 0.1) is 0 Å². The fourth-order valence-electron chi connectivity index (χ4n) is 3.80. The van der Waals surface area contributed by atoms with Gasteiger partial charge in [-0.15, -0.1) is 0 Å². The molecule has 9 nitrogen and oxygen atoms in total. The smallest absolute Gasteiger partial charge is 0.313 e. The molecule has 0 fully saturated rings. The summed E-state index contributed by atoms with van der Waals surface area (Å²) in [6, 6.07) is 0. The molecule has 0 saturated heterocycles. The van der Waals surface area contributed by atoms with Crippen LogP contribution in [0.5, 0.6) is 0 Å². The van der Waals surface area contributed by atoms with Crippen LogP contribution < -0.4 is 0 Å². The Balaban J connectivity index is 4.49. The highest BCUT2D eigenvalue weighted by Crippen LogP contribution is 2.22. The van der Waals surface area contributed by atoms with E-state index in [4.69, 9.17) is 37.0 Å². The van der Waals surface area contributed by atoms with Crippen LogP contribution in [-0.2, 0) is 37.0 Å². The van der Waals surface area contributed by atoms with Gasteiger partial charge in [-0.2, -0.15) is 0 Å². The van der Waals surface area contributed by atoms with Crippen molar-refractivity contribution in [2.24, 2.45) is 0 Å². The molecule has 0 aliphatic carbocycles. The molecule has 0 bridgehead atoms. The van der Waals surface area contributed by atoms with Crippen molar-refractivity contribution >= 4 is 89.5 Å². The lowest BCUT2D eigenvalue weighted by molar-refractivity contribution is 0.297. The topological polar surface area (TPSA) is 83.1 Å². The Labute approximate surface area is 230 Å². The second kappa shape index (κ2) is 15.6. The molecule has 0 aromatic heterocycles. The van der Waals surface area contributed by atoms with Crippen molar-refractivity contribution in [1.29, 1.82) is 0 Å². The Morgan fingerprint density at radius 1 is 0.343 bits per heavy atom. The van der Waals surface area contributed by atoms with Crippen LogP contribution in [-0.4, -0.2) is 89.5 Å². The molecule has 0 aliphatic rings. The molecule has 0 amide bonds. The van der Waals surface area contributed by atoms with E-state index in [-0.39, 0.29) is 0 Å². The fraction of sp³-hybridized carbons (Fsp3) is 1.00. The Hall–Kier alpha value is 1.81. The van der Waals surface area contributed by atoms with Gasteiger partial charge in [0, 0.05) is 0 Å². The van der Waals surface area contributed by atoms with Gasteiger partial charge >= 0.3 is 17.1 Å². The highest BCUT2D eigenvalue weighted by molar-refractivity contribution is 6.87. The summed E-state index contributed by atoms with van der Waals surface area (Å²) in [5, 5.41) is 0. The maximum atomic E-state index is 6.44. The van der Waals surface area contributed by atoms with E-state index < -0.39 is 89.5 Å². The first-order chi connectivity index (χ1) is 15.5. The van der Waals surface area contributed by atoms with Crippen molar-refractivity contribution in [1.82, 2.24) is 0 Å². The zero-order valence-electron chi connectivity index (χ0n) is 25.1. The monoisotopic (exact) mass is 670 g/mol. The van der Waals surface area contributed by atoms with Crippen LogP contribution in [0.3, 0.4) is 0 Å². The Morgan fingerprint density at radius 3 is 0.971 bits per heavy atom. The lowest BCUT2D eigenvalue weighted by atomic mass is 11.8. The molecule has 0 saturated carbocycles. The van der Waals surface area contributed by atoms with Gasteiger partial charge in [0.15, 0.2) is 16.6 Å². The van der Waals surface area contributed by atoms with E-state index >= 15 is 0 Å². The van der Waals surface area contributed by atoms with Gasteiger partial charge in [-0.3, -0.25) is 0 Å². The van der Waals surface area contributed by atoms with Crippen molar-refractivity contribution in [3.05, 3.63) is 0 Å². The van der Waals surface area contributed by atoms with Crippen molar-refractivity contribution in [2.45, 2.75) is 105 Å². The van der Waals surface area contributed by atoms with Gasteiger partial charge in [0.25, 0.3) is 55.7 Å². The van der Waals surface area contributed by atoms with Crippen LogP contribution in [0.2, 0.25) is 105 Å². The highest BCUT2D eigenvalue weighted by Gasteiger charge is 2.40. The van der Waals surface area contributed by atoms with E-state index in [9.17, 15) is 0 Å². The van der Waals surface area contributed by atoms with Gasteiger partial charge in [-0.1, -0.05) is 0 Å². The van der Waals surface area contributed by atoms with Crippen LogP contribution in [0.4, 0.5) is 0 Å². The minimum atomic E-state index is -2.37. The first-order valence-electron chi connectivity index (χ1n) is 12.5. The highest BCUT2D eigenvalue weighted by atomic mass is 28.5. The zero-order chi connectivity index (χ0) is 27.8. The van der Waals surface area contributed by atoms with Crippen LogP contribution in [0.1, 0.15) is 0 Å². The molecule has 0 radical (unpaired) electrons. The summed E-state index contributed by atoms with van der Waals surface area (Å²) in [6.07, 6.45) is 0. The molecule has 35 heavy (non-hydrogen) atoms. The molecule has 0 aliphatic heterocycles. The van der Waals surface area contributed by atoms with Gasteiger partial charge in [-0.25, -0.2) is 0 Å². The third kappa shape index (κ3) is 21.3. The van der Waals surface area contributed by atoms with Crippen LogP contribution in [0.25, 0.3) is 0 Å². The summed E-state index contributed by atoms with van der Waals surface area (Å²) in [5.41, 5.74) is 0. The van der Waals surface area contributed by atoms with E-state index in [1.165, 1.54) is 0 Å². The lowest BCUT2D eigenvalue weighted by Crippen LogP contribution is -2.54. The largest absolute Gasteiger partial charge is 0.439 e. The Morgan fingerprint density at radius 2 is 0.657 bits per heavy atom. The molecule has 0 heterocycles. The minimum Gasteiger partial charge on any atom is -0.439 e. The fourth-order valence-corrected chi connectivity index (χ4v) is 38.4. The molecule has 0 N–H and O–H groups in total. The third-order valence-corrected chi connectivity index (χ3v) is 35.4. The van der Waals surface area contributed by atoms with Crippen molar-refractivity contribution < 1.29 is 37.0 Å². The average molecular weight is 671 g/mol. The van der Waals surface area contributed by atoms with E-state index in [0.717, 1.165) is 0 Å². The predicted octanol–water partition coefficient (Wildman–Crippen LogP) is 3.31. The van der Waals surface area contributed by atoms with Gasteiger partial charge in [0.2, 0.25) is 0 Å². The summed E-state index contributed by atoms with van der Waals surface area (Å²) in [4.78, 5) is 0. The average Bonchev–Trinajstić information content (AvgIpc) is 2.46. The molecular weight excluding hydrogens is 617 g/mol. The van der Waals surface area contributed by atoms with E-state index in [1.54, 1.807) is 0 Å². The molecule has 0 aromatic rings. The van der Waals surface area contributed by atoms with Crippen LogP contribution in [0.15, 0.2) is 0 Å². The Kier molecular flexibility index (Phi) is 16.4. The van der Waals surface area contributed by atoms with Gasteiger partial charge in [0.05, 0.1) is 0 Å². The first-order valence-corrected chi connectivity index (χ1v) is 37.6. The SMILES string of the molecule is C[SiH](O[SiH](C)O[SiH](C)O[SiH](C)O[Si](C)(C)O[Si](C)(C)O[Si](C)(C)C)O[SiH](C)O[SiH](C)O[Si](C)(C)C. The summed E-state index contributed by atoms with van der Waals surface area (Å²) in [6.45, 7) is 33.8. The quantitative estimate of drug-likeness (QED) is 0.204. The number of hydrogen-bond donors (Lipinski definition) is 0. The van der Waals surface area contributed by atoms with Crippen LogP contribution >= 0.6 is 0 Å².